The summed E-state index contributed by atoms with van der Waals surface area (Å²) >= 11 is 5.82. The first kappa shape index (κ1) is 13.2. The van der Waals surface area contributed by atoms with E-state index in [2.05, 4.69) is 20.5 Å². The quantitative estimate of drug-likeness (QED) is 0.849. The zero-order valence-electron chi connectivity index (χ0n) is 9.95. The van der Waals surface area contributed by atoms with Gasteiger partial charge in [0.05, 0.1) is 5.02 Å². The van der Waals surface area contributed by atoms with Crippen molar-refractivity contribution >= 4 is 29.5 Å². The van der Waals surface area contributed by atoms with E-state index in [1.165, 1.54) is 18.2 Å². The molecule has 7 heteroatoms. The molecule has 0 spiro atoms. The number of nitrogens with zero attached hydrogens (tertiary/aromatic N) is 2. The zero-order valence-corrected chi connectivity index (χ0v) is 10.7. The Hall–Kier alpha value is -2.21. The Morgan fingerprint density at radius 1 is 1.53 bits per heavy atom. The maximum absolute atomic E-state index is 13.4. The molecule has 0 aliphatic carbocycles. The number of aromatic nitrogens is 3. The first-order chi connectivity index (χ1) is 9.06. The predicted octanol–water partition coefficient (Wildman–Crippen LogP) is 2.56. The number of carbonyl (C=O) groups excluding carboxylic acids is 1. The van der Waals surface area contributed by atoms with E-state index in [-0.39, 0.29) is 16.5 Å². The van der Waals surface area contributed by atoms with Gasteiger partial charge in [0.1, 0.15) is 11.6 Å². The summed E-state index contributed by atoms with van der Waals surface area (Å²) < 4.78 is 13.4. The molecule has 19 heavy (non-hydrogen) atoms. The van der Waals surface area contributed by atoms with Crippen LogP contribution in [0.25, 0.3) is 6.08 Å². The van der Waals surface area contributed by atoms with Gasteiger partial charge in [-0.1, -0.05) is 17.7 Å². The second kappa shape index (κ2) is 5.62. The molecule has 0 saturated carbocycles. The summed E-state index contributed by atoms with van der Waals surface area (Å²) in [6, 6.07) is 4.30. The van der Waals surface area contributed by atoms with Crippen LogP contribution < -0.4 is 5.32 Å². The van der Waals surface area contributed by atoms with Crippen LogP contribution in [0.15, 0.2) is 24.3 Å². The number of aryl methyl sites for hydroxylation is 1. The molecule has 1 aromatic carbocycles. The van der Waals surface area contributed by atoms with Crippen molar-refractivity contribution in [1.82, 2.24) is 15.2 Å². The number of benzene rings is 1. The van der Waals surface area contributed by atoms with Gasteiger partial charge in [-0.3, -0.25) is 15.2 Å². The van der Waals surface area contributed by atoms with Crippen LogP contribution in [-0.4, -0.2) is 21.1 Å². The number of anilines is 1. The average molecular weight is 281 g/mol. The predicted molar refractivity (Wildman–Crippen MR) is 70.2 cm³/mol. The van der Waals surface area contributed by atoms with Gasteiger partial charge >= 0.3 is 0 Å². The average Bonchev–Trinajstić information content (AvgIpc) is 2.74. The summed E-state index contributed by atoms with van der Waals surface area (Å²) in [5.74, 6) is -0.230. The molecule has 2 rings (SSSR count). The van der Waals surface area contributed by atoms with Gasteiger partial charge in [0.25, 0.3) is 5.91 Å². The van der Waals surface area contributed by atoms with Crippen molar-refractivity contribution in [3.05, 3.63) is 46.5 Å². The molecule has 0 aliphatic heterocycles. The summed E-state index contributed by atoms with van der Waals surface area (Å²) in [5, 5.41) is 8.99. The fourth-order valence-electron chi connectivity index (χ4n) is 1.38. The van der Waals surface area contributed by atoms with Crippen LogP contribution in [0.1, 0.15) is 11.4 Å². The number of halogens is 2. The first-order valence-corrected chi connectivity index (χ1v) is 5.76. The second-order valence-electron chi connectivity index (χ2n) is 3.70. The second-order valence-corrected chi connectivity index (χ2v) is 4.11. The van der Waals surface area contributed by atoms with E-state index in [4.69, 9.17) is 11.6 Å². The molecule has 0 fully saturated rings. The third kappa shape index (κ3) is 3.38. The highest BCUT2D eigenvalue weighted by Gasteiger charge is 2.05. The Balaban J connectivity index is 2.08. The molecule has 2 N–H and O–H groups in total. The number of H-pyrrole nitrogens is 1. The highest BCUT2D eigenvalue weighted by Crippen LogP contribution is 2.20. The van der Waals surface area contributed by atoms with Crippen LogP contribution in [0.5, 0.6) is 0 Å². The number of amides is 1. The molecule has 0 saturated heterocycles. The molecule has 5 nitrogen and oxygen atoms in total. The molecule has 1 aromatic heterocycles. The van der Waals surface area contributed by atoms with Crippen LogP contribution in [0.2, 0.25) is 5.02 Å². The maximum Gasteiger partial charge on any atom is 0.250 e. The van der Waals surface area contributed by atoms with Crippen LogP contribution >= 0.6 is 11.6 Å². The van der Waals surface area contributed by atoms with E-state index in [0.29, 0.717) is 5.82 Å². The van der Waals surface area contributed by atoms with E-state index in [9.17, 15) is 9.18 Å². The Morgan fingerprint density at radius 2 is 2.32 bits per heavy atom. The lowest BCUT2D eigenvalue weighted by Gasteiger charge is -1.99. The summed E-state index contributed by atoms with van der Waals surface area (Å²) in [6.45, 7) is 1.71. The molecule has 0 atom stereocenters. The van der Waals surface area contributed by atoms with E-state index >= 15 is 0 Å². The number of aromatic amines is 1. The van der Waals surface area contributed by atoms with Crippen molar-refractivity contribution in [2.45, 2.75) is 6.92 Å². The third-order valence-electron chi connectivity index (χ3n) is 2.23. The van der Waals surface area contributed by atoms with Crippen molar-refractivity contribution in [2.75, 3.05) is 5.32 Å². The molecule has 2 aromatic rings. The first-order valence-electron chi connectivity index (χ1n) is 5.38. The van der Waals surface area contributed by atoms with E-state index in [1.54, 1.807) is 13.0 Å². The molecule has 1 heterocycles. The van der Waals surface area contributed by atoms with Crippen molar-refractivity contribution in [1.29, 1.82) is 0 Å². The SMILES string of the molecule is Cc1nc(NC(=O)/C=C/c2c(F)cccc2Cl)n[nH]1. The van der Waals surface area contributed by atoms with Gasteiger partial charge < -0.3 is 0 Å². The lowest BCUT2D eigenvalue weighted by Crippen LogP contribution is -2.09. The number of hydrogen-bond acceptors (Lipinski definition) is 3. The van der Waals surface area contributed by atoms with Gasteiger partial charge in [-0.25, -0.2) is 4.39 Å². The number of carbonyl (C=O) groups is 1. The van der Waals surface area contributed by atoms with Gasteiger partial charge in [0, 0.05) is 11.6 Å². The van der Waals surface area contributed by atoms with Gasteiger partial charge in [0.15, 0.2) is 0 Å². The number of nitrogens with one attached hydrogen (secondary N) is 2. The number of rotatable bonds is 3. The molecular formula is C12H10ClFN4O. The Labute approximate surface area is 113 Å². The molecule has 1 amide bonds. The minimum atomic E-state index is -0.495. The Bertz CT molecular complexity index is 618. The molecule has 0 unspecified atom stereocenters. The van der Waals surface area contributed by atoms with Crippen molar-refractivity contribution in [2.24, 2.45) is 0 Å². The van der Waals surface area contributed by atoms with E-state index in [0.717, 1.165) is 6.08 Å². The Morgan fingerprint density at radius 3 is 2.95 bits per heavy atom. The summed E-state index contributed by atoms with van der Waals surface area (Å²) in [7, 11) is 0. The lowest BCUT2D eigenvalue weighted by atomic mass is 10.2. The summed E-state index contributed by atoms with van der Waals surface area (Å²) in [4.78, 5) is 15.5. The molecule has 0 radical (unpaired) electrons. The summed E-state index contributed by atoms with van der Waals surface area (Å²) in [6.07, 6.45) is 2.46. The highest BCUT2D eigenvalue weighted by molar-refractivity contribution is 6.32. The third-order valence-corrected chi connectivity index (χ3v) is 2.56. The monoisotopic (exact) mass is 280 g/mol. The van der Waals surface area contributed by atoms with Crippen molar-refractivity contribution in [3.8, 4) is 0 Å². The van der Waals surface area contributed by atoms with Crippen LogP contribution in [0.3, 0.4) is 0 Å². The Kier molecular flexibility index (Phi) is 3.91. The largest absolute Gasteiger partial charge is 0.290 e. The maximum atomic E-state index is 13.4. The molecule has 98 valence electrons. The highest BCUT2D eigenvalue weighted by atomic mass is 35.5. The van der Waals surface area contributed by atoms with E-state index < -0.39 is 11.7 Å². The van der Waals surface area contributed by atoms with Crippen LogP contribution in [-0.2, 0) is 4.79 Å². The van der Waals surface area contributed by atoms with Crippen LogP contribution in [0.4, 0.5) is 10.3 Å². The number of hydrogen-bond donors (Lipinski definition) is 2. The van der Waals surface area contributed by atoms with Gasteiger partial charge in [0.2, 0.25) is 5.95 Å². The van der Waals surface area contributed by atoms with Gasteiger partial charge in [-0.2, -0.15) is 4.98 Å². The van der Waals surface area contributed by atoms with Gasteiger partial charge in [-0.15, -0.1) is 5.10 Å². The molecule has 0 bridgehead atoms. The molecular weight excluding hydrogens is 271 g/mol. The zero-order chi connectivity index (χ0) is 13.8. The minimum Gasteiger partial charge on any atom is -0.290 e. The standard InChI is InChI=1S/C12H10ClFN4O/c1-7-15-12(18-17-7)16-11(19)6-5-8-9(13)3-2-4-10(8)14/h2-6H,1H3,(H2,15,16,17,18,19)/b6-5+. The van der Waals surface area contributed by atoms with Crippen LogP contribution in [0, 0.1) is 12.7 Å². The van der Waals surface area contributed by atoms with Crippen molar-refractivity contribution in [3.63, 3.8) is 0 Å². The topological polar surface area (TPSA) is 70.7 Å². The summed E-state index contributed by atoms with van der Waals surface area (Å²) in [5.41, 5.74) is 0.158. The normalized spacial score (nSPS) is 10.9. The fraction of sp³-hybridized carbons (Fsp3) is 0.0833. The minimum absolute atomic E-state index is 0.158. The fourth-order valence-corrected chi connectivity index (χ4v) is 1.61. The lowest BCUT2D eigenvalue weighted by molar-refractivity contribution is -0.111. The van der Waals surface area contributed by atoms with Crippen molar-refractivity contribution < 1.29 is 9.18 Å². The van der Waals surface area contributed by atoms with E-state index in [1.807, 2.05) is 0 Å². The smallest absolute Gasteiger partial charge is 0.250 e. The van der Waals surface area contributed by atoms with Gasteiger partial charge in [-0.05, 0) is 25.1 Å². The molecule has 0 aliphatic rings.